The SMILES string of the molecule is CC1Oc2ccc(NC(=O)Nc3cccc(Cl)c3)cc2N(Cc2cccc(Cl)c2)C1=O. The Morgan fingerprint density at radius 2 is 1.65 bits per heavy atom. The molecule has 0 spiro atoms. The van der Waals surface area contributed by atoms with Gasteiger partial charge in [-0.25, -0.2) is 4.79 Å². The molecule has 8 heteroatoms. The minimum absolute atomic E-state index is 0.173. The van der Waals surface area contributed by atoms with Crippen LogP contribution >= 0.6 is 23.2 Å². The first-order chi connectivity index (χ1) is 14.9. The molecular weight excluding hydrogens is 437 g/mol. The number of hydrogen-bond donors (Lipinski definition) is 2. The molecule has 3 aromatic carbocycles. The number of hydrogen-bond acceptors (Lipinski definition) is 3. The lowest BCUT2D eigenvalue weighted by Gasteiger charge is -2.33. The van der Waals surface area contributed by atoms with Gasteiger partial charge >= 0.3 is 6.03 Å². The van der Waals surface area contributed by atoms with E-state index in [2.05, 4.69) is 10.6 Å². The van der Waals surface area contributed by atoms with Crippen molar-refractivity contribution in [1.29, 1.82) is 0 Å². The van der Waals surface area contributed by atoms with Crippen molar-refractivity contribution in [1.82, 2.24) is 0 Å². The molecule has 1 atom stereocenters. The van der Waals surface area contributed by atoms with Gasteiger partial charge in [0.15, 0.2) is 6.10 Å². The van der Waals surface area contributed by atoms with E-state index in [1.165, 1.54) is 0 Å². The Kier molecular flexibility index (Phi) is 6.02. The second-order valence-corrected chi connectivity index (χ2v) is 7.96. The third kappa shape index (κ3) is 4.93. The molecule has 2 N–H and O–H groups in total. The van der Waals surface area contributed by atoms with Crippen molar-refractivity contribution in [3.05, 3.63) is 82.3 Å². The van der Waals surface area contributed by atoms with Crippen molar-refractivity contribution in [3.8, 4) is 5.75 Å². The Hall–Kier alpha value is -3.22. The molecule has 0 saturated carbocycles. The number of carbonyl (C=O) groups is 2. The Labute approximate surface area is 189 Å². The number of rotatable bonds is 4. The Balaban J connectivity index is 1.57. The lowest BCUT2D eigenvalue weighted by Crippen LogP contribution is -2.44. The largest absolute Gasteiger partial charge is 0.479 e. The predicted octanol–water partition coefficient (Wildman–Crippen LogP) is 5.95. The summed E-state index contributed by atoms with van der Waals surface area (Å²) in [5, 5.41) is 6.61. The Bertz CT molecular complexity index is 1150. The zero-order valence-corrected chi connectivity index (χ0v) is 18.1. The number of carbonyl (C=O) groups excluding carboxylic acids is 2. The van der Waals surface area contributed by atoms with Crippen molar-refractivity contribution in [3.63, 3.8) is 0 Å². The van der Waals surface area contributed by atoms with E-state index in [4.69, 9.17) is 27.9 Å². The lowest BCUT2D eigenvalue weighted by atomic mass is 10.1. The number of anilines is 3. The normalized spacial score (nSPS) is 15.1. The van der Waals surface area contributed by atoms with Crippen LogP contribution in [0.2, 0.25) is 10.0 Å². The smallest absolute Gasteiger partial charge is 0.323 e. The van der Waals surface area contributed by atoms with Gasteiger partial charge in [0.2, 0.25) is 0 Å². The molecular formula is C23H19Cl2N3O3. The van der Waals surface area contributed by atoms with Crippen molar-refractivity contribution >= 4 is 52.2 Å². The fourth-order valence-electron chi connectivity index (χ4n) is 3.33. The van der Waals surface area contributed by atoms with Crippen LogP contribution in [0.5, 0.6) is 5.75 Å². The maximum atomic E-state index is 12.8. The van der Waals surface area contributed by atoms with Crippen molar-refractivity contribution < 1.29 is 14.3 Å². The molecule has 1 heterocycles. The molecule has 158 valence electrons. The Morgan fingerprint density at radius 1 is 0.968 bits per heavy atom. The molecule has 31 heavy (non-hydrogen) atoms. The van der Waals surface area contributed by atoms with Gasteiger partial charge in [-0.05, 0) is 61.0 Å². The standard InChI is InChI=1S/C23H19Cl2N3O3/c1-14-22(29)28(13-15-4-2-5-16(24)10-15)20-12-19(8-9-21(20)31-14)27-23(30)26-18-7-3-6-17(25)11-18/h2-12,14H,13H2,1H3,(H2,26,27,30). The molecule has 0 saturated heterocycles. The topological polar surface area (TPSA) is 70.7 Å². The minimum Gasteiger partial charge on any atom is -0.479 e. The third-order valence-electron chi connectivity index (χ3n) is 4.74. The zero-order chi connectivity index (χ0) is 22.0. The maximum Gasteiger partial charge on any atom is 0.323 e. The summed E-state index contributed by atoms with van der Waals surface area (Å²) in [4.78, 5) is 26.9. The number of halogens is 2. The second-order valence-electron chi connectivity index (χ2n) is 7.09. The maximum absolute atomic E-state index is 12.8. The molecule has 0 aromatic heterocycles. The Morgan fingerprint density at radius 3 is 2.35 bits per heavy atom. The van der Waals surface area contributed by atoms with Crippen LogP contribution < -0.4 is 20.3 Å². The van der Waals surface area contributed by atoms with E-state index < -0.39 is 12.1 Å². The van der Waals surface area contributed by atoms with Gasteiger partial charge in [-0.2, -0.15) is 0 Å². The van der Waals surface area contributed by atoms with Crippen LogP contribution in [-0.2, 0) is 11.3 Å². The molecule has 6 nitrogen and oxygen atoms in total. The lowest BCUT2D eigenvalue weighted by molar-refractivity contribution is -0.125. The van der Waals surface area contributed by atoms with Gasteiger partial charge in [0.1, 0.15) is 5.75 Å². The summed E-state index contributed by atoms with van der Waals surface area (Å²) in [6, 6.07) is 18.9. The second kappa shape index (κ2) is 8.88. The quantitative estimate of drug-likeness (QED) is 0.510. The molecule has 0 aliphatic carbocycles. The molecule has 0 fully saturated rings. The fraction of sp³-hybridized carbons (Fsp3) is 0.130. The highest BCUT2D eigenvalue weighted by Crippen LogP contribution is 2.37. The summed E-state index contributed by atoms with van der Waals surface area (Å²) in [5.74, 6) is 0.392. The summed E-state index contributed by atoms with van der Waals surface area (Å²) in [7, 11) is 0. The molecule has 1 unspecified atom stereocenters. The van der Waals surface area contributed by atoms with Crippen LogP contribution in [0.25, 0.3) is 0 Å². The van der Waals surface area contributed by atoms with Crippen LogP contribution in [0, 0.1) is 0 Å². The van der Waals surface area contributed by atoms with Crippen LogP contribution in [-0.4, -0.2) is 18.0 Å². The number of benzene rings is 3. The van der Waals surface area contributed by atoms with Gasteiger partial charge in [0.05, 0.1) is 12.2 Å². The fourth-order valence-corrected chi connectivity index (χ4v) is 3.73. The number of fused-ring (bicyclic) bond motifs is 1. The molecule has 0 radical (unpaired) electrons. The van der Waals surface area contributed by atoms with E-state index in [0.717, 1.165) is 5.56 Å². The number of ether oxygens (including phenoxy) is 1. The predicted molar refractivity (Wildman–Crippen MR) is 123 cm³/mol. The van der Waals surface area contributed by atoms with Gasteiger partial charge < -0.3 is 20.3 Å². The number of urea groups is 1. The van der Waals surface area contributed by atoms with E-state index in [1.54, 1.807) is 60.4 Å². The van der Waals surface area contributed by atoms with Crippen molar-refractivity contribution in [2.24, 2.45) is 0 Å². The van der Waals surface area contributed by atoms with E-state index in [9.17, 15) is 9.59 Å². The third-order valence-corrected chi connectivity index (χ3v) is 5.21. The van der Waals surface area contributed by atoms with Crippen LogP contribution in [0.1, 0.15) is 12.5 Å². The van der Waals surface area contributed by atoms with E-state index >= 15 is 0 Å². The van der Waals surface area contributed by atoms with Gasteiger partial charge in [-0.15, -0.1) is 0 Å². The molecule has 0 bridgehead atoms. The van der Waals surface area contributed by atoms with E-state index in [1.807, 2.05) is 18.2 Å². The van der Waals surface area contributed by atoms with Gasteiger partial charge in [0, 0.05) is 21.4 Å². The van der Waals surface area contributed by atoms with Crippen LogP contribution in [0.15, 0.2) is 66.7 Å². The molecule has 1 aliphatic heterocycles. The number of nitrogens with zero attached hydrogens (tertiary/aromatic N) is 1. The first-order valence-electron chi connectivity index (χ1n) is 9.59. The minimum atomic E-state index is -0.614. The van der Waals surface area contributed by atoms with E-state index in [-0.39, 0.29) is 5.91 Å². The molecule has 1 aliphatic rings. The number of nitrogens with one attached hydrogen (secondary N) is 2. The van der Waals surface area contributed by atoms with E-state index in [0.29, 0.717) is 39.4 Å². The van der Waals surface area contributed by atoms with Crippen LogP contribution in [0.3, 0.4) is 0 Å². The highest BCUT2D eigenvalue weighted by Gasteiger charge is 2.32. The van der Waals surface area contributed by atoms with Gasteiger partial charge in [-0.1, -0.05) is 41.4 Å². The molecule has 4 rings (SSSR count). The summed E-state index contributed by atoms with van der Waals surface area (Å²) in [5.41, 5.74) is 2.54. The van der Waals surface area contributed by atoms with Gasteiger partial charge in [0.25, 0.3) is 5.91 Å². The molecule has 3 aromatic rings. The first kappa shape index (κ1) is 21.0. The molecule has 3 amide bonds. The van der Waals surface area contributed by atoms with Crippen molar-refractivity contribution in [2.75, 3.05) is 15.5 Å². The average molecular weight is 456 g/mol. The summed E-state index contributed by atoms with van der Waals surface area (Å²) in [6.45, 7) is 2.04. The summed E-state index contributed by atoms with van der Waals surface area (Å²) < 4.78 is 5.74. The average Bonchev–Trinajstić information content (AvgIpc) is 2.72. The highest BCUT2D eigenvalue weighted by molar-refractivity contribution is 6.31. The summed E-state index contributed by atoms with van der Waals surface area (Å²) >= 11 is 12.1. The van der Waals surface area contributed by atoms with Crippen LogP contribution in [0.4, 0.5) is 21.9 Å². The zero-order valence-electron chi connectivity index (χ0n) is 16.6. The monoisotopic (exact) mass is 455 g/mol. The van der Waals surface area contributed by atoms with Crippen molar-refractivity contribution in [2.45, 2.75) is 19.6 Å². The number of amides is 3. The summed E-state index contributed by atoms with van der Waals surface area (Å²) in [6.07, 6.45) is -0.614. The van der Waals surface area contributed by atoms with Gasteiger partial charge in [-0.3, -0.25) is 4.79 Å². The first-order valence-corrected chi connectivity index (χ1v) is 10.3. The highest BCUT2D eigenvalue weighted by atomic mass is 35.5.